The highest BCUT2D eigenvalue weighted by Crippen LogP contribution is 2.21. The molecule has 0 spiro atoms. The van der Waals surface area contributed by atoms with E-state index in [0.29, 0.717) is 6.54 Å². The first-order chi connectivity index (χ1) is 12.5. The van der Waals surface area contributed by atoms with Gasteiger partial charge in [-0.1, -0.05) is 38.7 Å². The second-order valence-electron chi connectivity index (χ2n) is 7.10. The Morgan fingerprint density at radius 2 is 1.77 bits per heavy atom. The van der Waals surface area contributed by atoms with Crippen LogP contribution in [0.1, 0.15) is 61.5 Å². The first kappa shape index (κ1) is 20.1. The number of unbranched alkanes of at least 4 members (excludes halogenated alkanes) is 4. The summed E-state index contributed by atoms with van der Waals surface area (Å²) < 4.78 is 5.45. The number of nitrogens with one attached hydrogen (secondary N) is 1. The average molecular weight is 357 g/mol. The van der Waals surface area contributed by atoms with Gasteiger partial charge >= 0.3 is 6.03 Å². The third-order valence-corrected chi connectivity index (χ3v) is 4.83. The zero-order valence-electron chi connectivity index (χ0n) is 16.6. The van der Waals surface area contributed by atoms with Gasteiger partial charge in [-0.3, -0.25) is 0 Å². The van der Waals surface area contributed by atoms with E-state index in [1.165, 1.54) is 30.4 Å². The molecule has 0 fully saturated rings. The Labute approximate surface area is 157 Å². The fraction of sp³-hybridized carbons (Fsp3) is 0.500. The highest BCUT2D eigenvalue weighted by Gasteiger charge is 2.16. The Hall–Kier alpha value is -2.23. The molecule has 0 aliphatic heterocycles. The van der Waals surface area contributed by atoms with Crippen molar-refractivity contribution in [2.24, 2.45) is 0 Å². The summed E-state index contributed by atoms with van der Waals surface area (Å²) in [5.74, 6) is 0.811. The van der Waals surface area contributed by atoms with Crippen molar-refractivity contribution in [3.05, 3.63) is 53.0 Å². The van der Waals surface area contributed by atoms with Crippen LogP contribution in [-0.2, 0) is 6.54 Å². The van der Waals surface area contributed by atoms with Crippen molar-refractivity contribution in [2.75, 3.05) is 11.9 Å². The number of amides is 2. The Morgan fingerprint density at radius 1 is 1.04 bits per heavy atom. The van der Waals surface area contributed by atoms with Gasteiger partial charge in [0.25, 0.3) is 0 Å². The summed E-state index contributed by atoms with van der Waals surface area (Å²) in [6.07, 6.45) is 7.52. The van der Waals surface area contributed by atoms with Gasteiger partial charge in [0, 0.05) is 12.2 Å². The lowest BCUT2D eigenvalue weighted by atomic mass is 10.1. The highest BCUT2D eigenvalue weighted by atomic mass is 16.3. The maximum atomic E-state index is 12.9. The van der Waals surface area contributed by atoms with Gasteiger partial charge in [-0.05, 0) is 62.1 Å². The largest absolute Gasteiger partial charge is 0.467 e. The predicted octanol–water partition coefficient (Wildman–Crippen LogP) is 6.21. The van der Waals surface area contributed by atoms with Crippen LogP contribution in [0.5, 0.6) is 0 Å². The number of benzene rings is 1. The number of aryl methyl sites for hydroxylation is 3. The SMILES string of the molecule is CCCCCCCN(Cc1ccco1)C(=O)Nc1cc(C)c(C)cc1C. The molecule has 1 aromatic heterocycles. The standard InChI is InChI=1S/C22H32N2O2/c1-5-6-7-8-9-12-24(16-20-11-10-13-26-20)22(25)23-21-15-18(3)17(2)14-19(21)4/h10-11,13-15H,5-9,12,16H2,1-4H3,(H,23,25). The van der Waals surface area contributed by atoms with Gasteiger partial charge in [0.05, 0.1) is 12.8 Å². The molecule has 4 nitrogen and oxygen atoms in total. The van der Waals surface area contributed by atoms with Crippen LogP contribution in [0.15, 0.2) is 34.9 Å². The van der Waals surface area contributed by atoms with Gasteiger partial charge in [0.1, 0.15) is 5.76 Å². The van der Waals surface area contributed by atoms with Gasteiger partial charge in [-0.15, -0.1) is 0 Å². The zero-order valence-corrected chi connectivity index (χ0v) is 16.6. The van der Waals surface area contributed by atoms with Crippen molar-refractivity contribution in [3.8, 4) is 0 Å². The number of hydrogen-bond donors (Lipinski definition) is 1. The molecule has 26 heavy (non-hydrogen) atoms. The van der Waals surface area contributed by atoms with Crippen LogP contribution in [0.4, 0.5) is 10.5 Å². The minimum Gasteiger partial charge on any atom is -0.467 e. The molecule has 0 aliphatic carbocycles. The Morgan fingerprint density at radius 3 is 2.46 bits per heavy atom. The lowest BCUT2D eigenvalue weighted by molar-refractivity contribution is 0.202. The summed E-state index contributed by atoms with van der Waals surface area (Å²) in [5, 5.41) is 3.09. The molecule has 1 N–H and O–H groups in total. The lowest BCUT2D eigenvalue weighted by Crippen LogP contribution is -2.35. The molecule has 0 saturated heterocycles. The molecule has 4 heteroatoms. The van der Waals surface area contributed by atoms with Gasteiger partial charge in [0.15, 0.2) is 0 Å². The predicted molar refractivity (Wildman–Crippen MR) is 108 cm³/mol. The molecule has 0 unspecified atom stereocenters. The van der Waals surface area contributed by atoms with E-state index in [-0.39, 0.29) is 6.03 Å². The fourth-order valence-electron chi connectivity index (χ4n) is 3.04. The molecule has 1 aromatic carbocycles. The smallest absolute Gasteiger partial charge is 0.322 e. The third kappa shape index (κ3) is 5.94. The monoisotopic (exact) mass is 356 g/mol. The molecule has 0 aliphatic rings. The molecule has 0 radical (unpaired) electrons. The van der Waals surface area contributed by atoms with E-state index in [9.17, 15) is 4.79 Å². The summed E-state index contributed by atoms with van der Waals surface area (Å²) in [5.41, 5.74) is 4.39. The molecular formula is C22H32N2O2. The van der Waals surface area contributed by atoms with E-state index in [1.807, 2.05) is 24.0 Å². The number of hydrogen-bond acceptors (Lipinski definition) is 2. The van der Waals surface area contributed by atoms with E-state index >= 15 is 0 Å². The first-order valence-electron chi connectivity index (χ1n) is 9.67. The zero-order chi connectivity index (χ0) is 18.9. The first-order valence-corrected chi connectivity index (χ1v) is 9.67. The minimum atomic E-state index is -0.0664. The van der Waals surface area contributed by atoms with Crippen molar-refractivity contribution in [1.82, 2.24) is 4.90 Å². The number of carbonyl (C=O) groups excluding carboxylic acids is 1. The normalized spacial score (nSPS) is 10.8. The van der Waals surface area contributed by atoms with Crippen molar-refractivity contribution in [3.63, 3.8) is 0 Å². The fourth-order valence-corrected chi connectivity index (χ4v) is 3.04. The summed E-state index contributed by atoms with van der Waals surface area (Å²) in [4.78, 5) is 14.7. The summed E-state index contributed by atoms with van der Waals surface area (Å²) in [6.45, 7) is 9.63. The Balaban J connectivity index is 2.03. The number of rotatable bonds is 9. The second-order valence-corrected chi connectivity index (χ2v) is 7.10. The molecule has 0 bridgehead atoms. The minimum absolute atomic E-state index is 0.0664. The van der Waals surface area contributed by atoms with E-state index in [2.05, 4.69) is 38.2 Å². The van der Waals surface area contributed by atoms with E-state index in [4.69, 9.17) is 4.42 Å². The number of urea groups is 1. The van der Waals surface area contributed by atoms with Crippen LogP contribution >= 0.6 is 0 Å². The molecule has 2 rings (SSSR count). The summed E-state index contributed by atoms with van der Waals surface area (Å²) >= 11 is 0. The second kappa shape index (κ2) is 10.0. The quantitative estimate of drug-likeness (QED) is 0.543. The van der Waals surface area contributed by atoms with Crippen LogP contribution in [0, 0.1) is 20.8 Å². The van der Waals surface area contributed by atoms with Crippen LogP contribution in [0.2, 0.25) is 0 Å². The van der Waals surface area contributed by atoms with Crippen LogP contribution in [0.3, 0.4) is 0 Å². The lowest BCUT2D eigenvalue weighted by Gasteiger charge is -2.23. The molecule has 2 aromatic rings. The molecule has 0 atom stereocenters. The molecular weight excluding hydrogens is 324 g/mol. The molecule has 2 amide bonds. The van der Waals surface area contributed by atoms with Crippen molar-refractivity contribution >= 4 is 11.7 Å². The highest BCUT2D eigenvalue weighted by molar-refractivity contribution is 5.90. The van der Waals surface area contributed by atoms with Gasteiger partial charge in [-0.25, -0.2) is 4.79 Å². The van der Waals surface area contributed by atoms with E-state index in [1.54, 1.807) is 6.26 Å². The molecule has 142 valence electrons. The summed E-state index contributed by atoms with van der Waals surface area (Å²) in [7, 11) is 0. The van der Waals surface area contributed by atoms with E-state index < -0.39 is 0 Å². The van der Waals surface area contributed by atoms with Crippen molar-refractivity contribution in [1.29, 1.82) is 0 Å². The maximum absolute atomic E-state index is 12.9. The van der Waals surface area contributed by atoms with Gasteiger partial charge in [0.2, 0.25) is 0 Å². The maximum Gasteiger partial charge on any atom is 0.322 e. The average Bonchev–Trinajstić information content (AvgIpc) is 3.11. The van der Waals surface area contributed by atoms with Gasteiger partial charge in [-0.2, -0.15) is 0 Å². The van der Waals surface area contributed by atoms with Crippen LogP contribution in [-0.4, -0.2) is 17.5 Å². The number of anilines is 1. The van der Waals surface area contributed by atoms with Crippen molar-refractivity contribution < 1.29 is 9.21 Å². The number of nitrogens with zero attached hydrogens (tertiary/aromatic N) is 1. The van der Waals surface area contributed by atoms with Crippen LogP contribution < -0.4 is 5.32 Å². The molecule has 1 heterocycles. The number of furan rings is 1. The molecule has 0 saturated carbocycles. The third-order valence-electron chi connectivity index (χ3n) is 4.83. The van der Waals surface area contributed by atoms with E-state index in [0.717, 1.165) is 36.4 Å². The Kier molecular flexibility index (Phi) is 7.76. The van der Waals surface area contributed by atoms with Gasteiger partial charge < -0.3 is 14.6 Å². The van der Waals surface area contributed by atoms with Crippen molar-refractivity contribution in [2.45, 2.75) is 66.3 Å². The Bertz CT molecular complexity index is 692. The number of carbonyl (C=O) groups is 1. The topological polar surface area (TPSA) is 45.5 Å². The van der Waals surface area contributed by atoms with Crippen LogP contribution in [0.25, 0.3) is 0 Å². The summed E-state index contributed by atoms with van der Waals surface area (Å²) in [6, 6.07) is 7.88.